The van der Waals surface area contributed by atoms with E-state index in [4.69, 9.17) is 26.0 Å². The fourth-order valence-corrected chi connectivity index (χ4v) is 4.79. The highest BCUT2D eigenvalue weighted by molar-refractivity contribution is 7.21. The van der Waals surface area contributed by atoms with Crippen molar-refractivity contribution in [1.82, 2.24) is 19.9 Å². The molecule has 5 aromatic rings. The Bertz CT molecular complexity index is 1860. The fourth-order valence-electron chi connectivity index (χ4n) is 3.80. The van der Waals surface area contributed by atoms with Gasteiger partial charge < -0.3 is 14.2 Å². The van der Waals surface area contributed by atoms with Gasteiger partial charge in [-0.3, -0.25) is 5.32 Å². The molecule has 5 rings (SSSR count). The average molecular weight is 570 g/mol. The maximum atomic E-state index is 15.0. The second-order valence-electron chi connectivity index (χ2n) is 8.76. The van der Waals surface area contributed by atoms with Gasteiger partial charge in [0.2, 0.25) is 5.88 Å². The van der Waals surface area contributed by atoms with Crippen molar-refractivity contribution in [3.8, 4) is 28.3 Å². The zero-order valence-electron chi connectivity index (χ0n) is 21.9. The predicted octanol–water partition coefficient (Wildman–Crippen LogP) is 6.28. The summed E-state index contributed by atoms with van der Waals surface area (Å²) in [4.78, 5) is 33.1. The lowest BCUT2D eigenvalue weighted by Gasteiger charge is -2.22. The van der Waals surface area contributed by atoms with Crippen molar-refractivity contribution < 1.29 is 23.4 Å². The number of amides is 1. The Morgan fingerprint density at radius 3 is 2.66 bits per heavy atom. The van der Waals surface area contributed by atoms with Gasteiger partial charge in [-0.05, 0) is 38.1 Å². The number of ether oxygens (including phenoxy) is 3. The Hall–Kier alpha value is -5.40. The standard InChI is InChI=1S/C28H20FN7O4S/c1-14(15(2)40-28(37)34-17-6-5-16(11-30)32-12-17)39-23-10-24-21(9-20(23)29)36-27(41-24)19-7-18(31-3)8-22-26(19)33-13-25(35-22)38-4/h5-10,12-15H,1-2,4H3,(H,34,37)/t14-,15+/m0/s1. The molecule has 2 atom stereocenters. The van der Waals surface area contributed by atoms with E-state index < -0.39 is 24.1 Å². The second-order valence-corrected chi connectivity index (χ2v) is 9.79. The first kappa shape index (κ1) is 27.2. The maximum absolute atomic E-state index is 15.0. The Labute approximate surface area is 237 Å². The van der Waals surface area contributed by atoms with Gasteiger partial charge in [-0.25, -0.2) is 34.0 Å². The summed E-state index contributed by atoms with van der Waals surface area (Å²) in [5, 5.41) is 11.9. The predicted molar refractivity (Wildman–Crippen MR) is 150 cm³/mol. The number of hydrogen-bond acceptors (Lipinski definition) is 10. The molecule has 204 valence electrons. The van der Waals surface area contributed by atoms with E-state index >= 15 is 4.39 Å². The van der Waals surface area contributed by atoms with Gasteiger partial charge in [0.15, 0.2) is 17.3 Å². The first-order valence-corrected chi connectivity index (χ1v) is 12.9. The third-order valence-electron chi connectivity index (χ3n) is 6.01. The second kappa shape index (κ2) is 11.4. The molecule has 1 N–H and O–H groups in total. The summed E-state index contributed by atoms with van der Waals surface area (Å²) in [6, 6.07) is 11.0. The molecule has 41 heavy (non-hydrogen) atoms. The van der Waals surface area contributed by atoms with E-state index in [-0.39, 0.29) is 11.4 Å². The van der Waals surface area contributed by atoms with Gasteiger partial charge in [0.05, 0.1) is 53.0 Å². The van der Waals surface area contributed by atoms with Crippen molar-refractivity contribution in [1.29, 1.82) is 5.26 Å². The Morgan fingerprint density at radius 2 is 1.95 bits per heavy atom. The summed E-state index contributed by atoms with van der Waals surface area (Å²) >= 11 is 1.29. The number of thiazole rings is 1. The number of anilines is 1. The zero-order valence-corrected chi connectivity index (χ0v) is 22.7. The highest BCUT2D eigenvalue weighted by Gasteiger charge is 2.22. The maximum Gasteiger partial charge on any atom is 0.412 e. The molecular formula is C28H20FN7O4S. The third kappa shape index (κ3) is 5.80. The first-order chi connectivity index (χ1) is 19.8. The van der Waals surface area contributed by atoms with E-state index in [2.05, 4.69) is 30.1 Å². The lowest BCUT2D eigenvalue weighted by atomic mass is 10.1. The molecule has 0 bridgehead atoms. The highest BCUT2D eigenvalue weighted by Crippen LogP contribution is 2.38. The summed E-state index contributed by atoms with van der Waals surface area (Å²) in [6.45, 7) is 10.7. The summed E-state index contributed by atoms with van der Waals surface area (Å²) in [7, 11) is 1.48. The highest BCUT2D eigenvalue weighted by atomic mass is 32.1. The van der Waals surface area contributed by atoms with Crippen molar-refractivity contribution >= 4 is 50.1 Å². The van der Waals surface area contributed by atoms with Gasteiger partial charge in [-0.2, -0.15) is 5.26 Å². The van der Waals surface area contributed by atoms with E-state index in [0.717, 1.165) is 0 Å². The molecule has 0 saturated carbocycles. The molecule has 2 aromatic carbocycles. The molecule has 0 radical (unpaired) electrons. The minimum absolute atomic E-state index is 0.0309. The van der Waals surface area contributed by atoms with E-state index in [1.54, 1.807) is 26.0 Å². The van der Waals surface area contributed by atoms with Crippen molar-refractivity contribution in [2.45, 2.75) is 26.1 Å². The minimum atomic E-state index is -0.753. The average Bonchev–Trinajstić information content (AvgIpc) is 3.38. The molecule has 0 saturated heterocycles. The zero-order chi connectivity index (χ0) is 29.1. The molecule has 0 fully saturated rings. The van der Waals surface area contributed by atoms with Crippen molar-refractivity contribution in [2.75, 3.05) is 12.4 Å². The van der Waals surface area contributed by atoms with Crippen LogP contribution < -0.4 is 14.8 Å². The molecule has 0 unspecified atom stereocenters. The van der Waals surface area contributed by atoms with Gasteiger partial charge >= 0.3 is 6.09 Å². The number of rotatable bonds is 7. The Balaban J connectivity index is 1.35. The normalized spacial score (nSPS) is 12.2. The van der Waals surface area contributed by atoms with Gasteiger partial charge in [-0.15, -0.1) is 11.3 Å². The number of hydrogen-bond donors (Lipinski definition) is 1. The third-order valence-corrected chi connectivity index (χ3v) is 7.06. The topological polar surface area (TPSA) is 136 Å². The number of nitrogens with one attached hydrogen (secondary N) is 1. The van der Waals surface area contributed by atoms with Crippen LogP contribution in [-0.4, -0.2) is 45.3 Å². The molecule has 3 aromatic heterocycles. The van der Waals surface area contributed by atoms with Crippen LogP contribution in [-0.2, 0) is 4.74 Å². The van der Waals surface area contributed by atoms with Crippen LogP contribution in [0.25, 0.3) is 36.7 Å². The number of aromatic nitrogens is 4. The number of methoxy groups -OCH3 is 1. The number of halogens is 1. The van der Waals surface area contributed by atoms with Crippen LogP contribution >= 0.6 is 11.3 Å². The van der Waals surface area contributed by atoms with E-state index in [9.17, 15) is 4.79 Å². The Morgan fingerprint density at radius 1 is 1.12 bits per heavy atom. The number of carbonyl (C=O) groups excluding carboxylic acids is 1. The molecule has 0 spiro atoms. The molecular weight excluding hydrogens is 549 g/mol. The fraction of sp³-hybridized carbons (Fsp3) is 0.179. The quantitative estimate of drug-likeness (QED) is 0.225. The molecule has 0 aliphatic rings. The summed E-state index contributed by atoms with van der Waals surface area (Å²) in [5.41, 5.74) is 2.93. The summed E-state index contributed by atoms with van der Waals surface area (Å²) in [6.07, 6.45) is 0.615. The molecule has 11 nitrogen and oxygen atoms in total. The summed E-state index contributed by atoms with van der Waals surface area (Å²) in [5.74, 6) is -0.350. The number of fused-ring (bicyclic) bond motifs is 2. The lowest BCUT2D eigenvalue weighted by molar-refractivity contribution is 0.0402. The number of nitriles is 1. The largest absolute Gasteiger partial charge is 0.484 e. The number of benzene rings is 2. The number of pyridine rings is 1. The number of carbonyl (C=O) groups is 1. The van der Waals surface area contributed by atoms with E-state index in [1.807, 2.05) is 6.07 Å². The van der Waals surface area contributed by atoms with Gasteiger partial charge in [0.1, 0.15) is 29.0 Å². The SMILES string of the molecule is [C-]#[N+]c1cc(-c2nc3cc(F)c(O[C@@H](C)[C@@H](C)OC(=O)Nc4ccc(C#N)nc4)cc3s2)c2ncc(OC)nc2c1. The smallest absolute Gasteiger partial charge is 0.412 e. The number of nitrogens with zero attached hydrogens (tertiary/aromatic N) is 6. The lowest BCUT2D eigenvalue weighted by Crippen LogP contribution is -2.32. The minimum Gasteiger partial charge on any atom is -0.484 e. The van der Waals surface area contributed by atoms with Crippen LogP contribution in [0.4, 0.5) is 20.6 Å². The van der Waals surface area contributed by atoms with Crippen LogP contribution in [0, 0.1) is 23.7 Å². The van der Waals surface area contributed by atoms with E-state index in [0.29, 0.717) is 49.1 Å². The van der Waals surface area contributed by atoms with Crippen LogP contribution in [0.15, 0.2) is 48.8 Å². The molecule has 0 aliphatic heterocycles. The monoisotopic (exact) mass is 569 g/mol. The summed E-state index contributed by atoms with van der Waals surface area (Å²) < 4.78 is 32.0. The van der Waals surface area contributed by atoms with Crippen LogP contribution in [0.1, 0.15) is 19.5 Å². The first-order valence-electron chi connectivity index (χ1n) is 12.1. The van der Waals surface area contributed by atoms with Gasteiger partial charge in [0.25, 0.3) is 0 Å². The molecule has 1 amide bonds. The molecule has 0 aliphatic carbocycles. The van der Waals surface area contributed by atoms with Crippen LogP contribution in [0.5, 0.6) is 11.6 Å². The van der Waals surface area contributed by atoms with Crippen molar-refractivity contribution in [2.24, 2.45) is 0 Å². The van der Waals surface area contributed by atoms with Crippen LogP contribution in [0.3, 0.4) is 0 Å². The van der Waals surface area contributed by atoms with Gasteiger partial charge in [0, 0.05) is 17.7 Å². The molecule has 13 heteroatoms. The van der Waals surface area contributed by atoms with Gasteiger partial charge in [-0.1, -0.05) is 0 Å². The van der Waals surface area contributed by atoms with Crippen molar-refractivity contribution in [3.63, 3.8) is 0 Å². The molecule has 3 heterocycles. The van der Waals surface area contributed by atoms with E-state index in [1.165, 1.54) is 55.1 Å². The van der Waals surface area contributed by atoms with Crippen molar-refractivity contribution in [3.05, 3.63) is 71.7 Å². The Kier molecular flexibility index (Phi) is 7.54. The van der Waals surface area contributed by atoms with Crippen LogP contribution in [0.2, 0.25) is 0 Å².